The van der Waals surface area contributed by atoms with Gasteiger partial charge in [0.2, 0.25) is 0 Å². The number of halogens is 1. The zero-order chi connectivity index (χ0) is 19.2. The fourth-order valence-electron chi connectivity index (χ4n) is 2.75. The van der Waals surface area contributed by atoms with E-state index in [2.05, 4.69) is 20.9 Å². The third kappa shape index (κ3) is 4.74. The second-order valence-electron chi connectivity index (χ2n) is 6.40. The van der Waals surface area contributed by atoms with Crippen LogP contribution in [0.1, 0.15) is 29.8 Å². The van der Waals surface area contributed by atoms with Gasteiger partial charge >= 0.3 is 0 Å². The number of hydrogen-bond acceptors (Lipinski definition) is 3. The van der Waals surface area contributed by atoms with Crippen molar-refractivity contribution in [2.45, 2.75) is 26.5 Å². The van der Waals surface area contributed by atoms with E-state index in [4.69, 9.17) is 4.74 Å². The minimum absolute atomic E-state index is 0.0279. The highest BCUT2D eigenvalue weighted by molar-refractivity contribution is 9.10. The van der Waals surface area contributed by atoms with Crippen LogP contribution in [-0.4, -0.2) is 16.9 Å². The van der Waals surface area contributed by atoms with E-state index in [-0.39, 0.29) is 11.9 Å². The van der Waals surface area contributed by atoms with E-state index in [9.17, 15) is 4.79 Å². The summed E-state index contributed by atoms with van der Waals surface area (Å²) in [5, 5.41) is 0. The van der Waals surface area contributed by atoms with Crippen molar-refractivity contribution in [1.82, 2.24) is 4.98 Å². The van der Waals surface area contributed by atoms with Gasteiger partial charge in [0.15, 0.2) is 0 Å². The average molecular weight is 425 g/mol. The predicted molar refractivity (Wildman–Crippen MR) is 111 cm³/mol. The molecule has 2 aromatic carbocycles. The van der Waals surface area contributed by atoms with Gasteiger partial charge in [-0.2, -0.15) is 0 Å². The lowest BCUT2D eigenvalue weighted by atomic mass is 10.1. The summed E-state index contributed by atoms with van der Waals surface area (Å²) in [7, 11) is 0. The SMILES string of the molecule is CC(C)N(C(=O)c1ccc(COc2ccccc2Br)cc1)c1cccnc1. The molecule has 0 unspecified atom stereocenters. The smallest absolute Gasteiger partial charge is 0.258 e. The summed E-state index contributed by atoms with van der Waals surface area (Å²) < 4.78 is 6.75. The first-order valence-electron chi connectivity index (χ1n) is 8.76. The Morgan fingerprint density at radius 3 is 2.44 bits per heavy atom. The number of carbonyl (C=O) groups excluding carboxylic acids is 1. The number of aromatic nitrogens is 1. The van der Waals surface area contributed by atoms with Gasteiger partial charge in [-0.25, -0.2) is 0 Å². The maximum absolute atomic E-state index is 13.0. The van der Waals surface area contributed by atoms with E-state index in [0.29, 0.717) is 12.2 Å². The number of carbonyl (C=O) groups is 1. The Morgan fingerprint density at radius 2 is 1.81 bits per heavy atom. The molecule has 0 N–H and O–H groups in total. The van der Waals surface area contributed by atoms with Crippen molar-refractivity contribution in [3.8, 4) is 5.75 Å². The van der Waals surface area contributed by atoms with E-state index >= 15 is 0 Å². The molecule has 1 aromatic heterocycles. The van der Waals surface area contributed by atoms with Crippen molar-refractivity contribution in [2.75, 3.05) is 4.90 Å². The normalized spacial score (nSPS) is 10.7. The average Bonchev–Trinajstić information content (AvgIpc) is 2.68. The lowest BCUT2D eigenvalue weighted by molar-refractivity contribution is 0.0980. The van der Waals surface area contributed by atoms with E-state index in [1.54, 1.807) is 17.3 Å². The number of amides is 1. The molecule has 0 aliphatic carbocycles. The highest BCUT2D eigenvalue weighted by Crippen LogP contribution is 2.25. The lowest BCUT2D eigenvalue weighted by Crippen LogP contribution is -2.37. The van der Waals surface area contributed by atoms with Crippen molar-refractivity contribution in [2.24, 2.45) is 0 Å². The van der Waals surface area contributed by atoms with Crippen molar-refractivity contribution in [3.05, 3.63) is 88.7 Å². The molecule has 0 fully saturated rings. The molecule has 0 atom stereocenters. The van der Waals surface area contributed by atoms with Gasteiger partial charge in [0, 0.05) is 17.8 Å². The van der Waals surface area contributed by atoms with Gasteiger partial charge in [0.05, 0.1) is 16.4 Å². The summed E-state index contributed by atoms with van der Waals surface area (Å²) >= 11 is 3.47. The summed E-state index contributed by atoms with van der Waals surface area (Å²) in [6.07, 6.45) is 3.41. The molecule has 138 valence electrons. The second-order valence-corrected chi connectivity index (χ2v) is 7.25. The predicted octanol–water partition coefficient (Wildman–Crippen LogP) is 5.48. The monoisotopic (exact) mass is 424 g/mol. The lowest BCUT2D eigenvalue weighted by Gasteiger charge is -2.26. The fraction of sp³-hybridized carbons (Fsp3) is 0.182. The largest absolute Gasteiger partial charge is 0.488 e. The van der Waals surface area contributed by atoms with Crippen LogP contribution in [0.3, 0.4) is 0 Å². The molecule has 3 rings (SSSR count). The molecule has 0 radical (unpaired) electrons. The Labute approximate surface area is 167 Å². The number of hydrogen-bond donors (Lipinski definition) is 0. The van der Waals surface area contributed by atoms with Crippen molar-refractivity contribution in [1.29, 1.82) is 0 Å². The van der Waals surface area contributed by atoms with Gasteiger partial charge in [-0.15, -0.1) is 0 Å². The van der Waals surface area contributed by atoms with Crippen LogP contribution >= 0.6 is 15.9 Å². The molecule has 4 nitrogen and oxygen atoms in total. The number of ether oxygens (including phenoxy) is 1. The van der Waals surface area contributed by atoms with Gasteiger partial charge in [-0.1, -0.05) is 24.3 Å². The molecular formula is C22H21BrN2O2. The molecular weight excluding hydrogens is 404 g/mol. The molecule has 1 heterocycles. The van der Waals surface area contributed by atoms with Gasteiger partial charge in [-0.3, -0.25) is 9.78 Å². The van der Waals surface area contributed by atoms with Gasteiger partial charge < -0.3 is 9.64 Å². The van der Waals surface area contributed by atoms with E-state index in [0.717, 1.165) is 21.5 Å². The third-order valence-electron chi connectivity index (χ3n) is 4.09. The van der Waals surface area contributed by atoms with Gasteiger partial charge in [-0.05, 0) is 71.7 Å². The van der Waals surface area contributed by atoms with Crippen LogP contribution in [0.5, 0.6) is 5.75 Å². The van der Waals surface area contributed by atoms with E-state index < -0.39 is 0 Å². The van der Waals surface area contributed by atoms with Gasteiger partial charge in [0.1, 0.15) is 12.4 Å². The fourth-order valence-corrected chi connectivity index (χ4v) is 3.15. The Hall–Kier alpha value is -2.66. The Kier molecular flexibility index (Phi) is 6.24. The zero-order valence-corrected chi connectivity index (χ0v) is 16.9. The van der Waals surface area contributed by atoms with Crippen molar-refractivity contribution < 1.29 is 9.53 Å². The molecule has 0 saturated carbocycles. The van der Waals surface area contributed by atoms with Crippen LogP contribution in [0.2, 0.25) is 0 Å². The summed E-state index contributed by atoms with van der Waals surface area (Å²) in [6, 6.07) is 19.0. The molecule has 5 heteroatoms. The number of nitrogens with zero attached hydrogens (tertiary/aromatic N) is 2. The van der Waals surface area contributed by atoms with Crippen molar-refractivity contribution in [3.63, 3.8) is 0 Å². The maximum Gasteiger partial charge on any atom is 0.258 e. The zero-order valence-electron chi connectivity index (χ0n) is 15.3. The summed E-state index contributed by atoms with van der Waals surface area (Å²) in [5.74, 6) is 0.747. The highest BCUT2D eigenvalue weighted by Gasteiger charge is 2.20. The van der Waals surface area contributed by atoms with Gasteiger partial charge in [0.25, 0.3) is 5.91 Å². The quantitative estimate of drug-likeness (QED) is 0.526. The first-order chi connectivity index (χ1) is 13.1. The van der Waals surface area contributed by atoms with Crippen LogP contribution < -0.4 is 9.64 Å². The number of pyridine rings is 1. The van der Waals surface area contributed by atoms with Crippen LogP contribution in [-0.2, 0) is 6.61 Å². The first-order valence-corrected chi connectivity index (χ1v) is 9.55. The minimum Gasteiger partial charge on any atom is -0.488 e. The summed E-state index contributed by atoms with van der Waals surface area (Å²) in [4.78, 5) is 18.9. The Bertz CT molecular complexity index is 896. The molecule has 27 heavy (non-hydrogen) atoms. The minimum atomic E-state index is -0.0451. The third-order valence-corrected chi connectivity index (χ3v) is 4.75. The molecule has 0 saturated heterocycles. The van der Waals surface area contributed by atoms with Crippen LogP contribution in [0.15, 0.2) is 77.5 Å². The number of rotatable bonds is 6. The molecule has 3 aromatic rings. The Balaban J connectivity index is 1.72. The standard InChI is InChI=1S/C22H21BrN2O2/c1-16(2)25(19-6-5-13-24-14-19)22(26)18-11-9-17(10-12-18)15-27-21-8-4-3-7-20(21)23/h3-14,16H,15H2,1-2H3. The summed E-state index contributed by atoms with van der Waals surface area (Å²) in [6.45, 7) is 4.42. The second kappa shape index (κ2) is 8.82. The number of para-hydroxylation sites is 1. The highest BCUT2D eigenvalue weighted by atomic mass is 79.9. The van der Waals surface area contributed by atoms with Crippen molar-refractivity contribution >= 4 is 27.5 Å². The molecule has 0 aliphatic rings. The van der Waals surface area contributed by atoms with Crippen LogP contribution in [0.25, 0.3) is 0 Å². The molecule has 0 aliphatic heterocycles. The Morgan fingerprint density at radius 1 is 1.07 bits per heavy atom. The molecule has 1 amide bonds. The number of benzene rings is 2. The van der Waals surface area contributed by atoms with Crippen LogP contribution in [0.4, 0.5) is 5.69 Å². The topological polar surface area (TPSA) is 42.4 Å². The maximum atomic E-state index is 13.0. The number of anilines is 1. The first kappa shape index (κ1) is 19.1. The van der Waals surface area contributed by atoms with Crippen LogP contribution in [0, 0.1) is 0 Å². The molecule has 0 spiro atoms. The van der Waals surface area contributed by atoms with E-state index in [1.165, 1.54) is 0 Å². The van der Waals surface area contributed by atoms with E-state index in [1.807, 2.05) is 74.5 Å². The molecule has 0 bridgehead atoms. The summed E-state index contributed by atoms with van der Waals surface area (Å²) in [5.41, 5.74) is 2.43.